The highest BCUT2D eigenvalue weighted by Gasteiger charge is 2.14. The molecule has 0 spiro atoms. The van der Waals surface area contributed by atoms with Crippen LogP contribution in [0.2, 0.25) is 0 Å². The molecule has 4 nitrogen and oxygen atoms in total. The highest BCUT2D eigenvalue weighted by atomic mass is 32.1. The van der Waals surface area contributed by atoms with Crippen molar-refractivity contribution in [3.63, 3.8) is 0 Å². The highest BCUT2D eigenvalue weighted by Crippen LogP contribution is 2.28. The Morgan fingerprint density at radius 2 is 2.31 bits per heavy atom. The molecule has 0 aliphatic heterocycles. The summed E-state index contributed by atoms with van der Waals surface area (Å²) in [4.78, 5) is 11.5. The maximum atomic E-state index is 11.5. The largest absolute Gasteiger partial charge is 0.495 e. The molecule has 1 unspecified atom stereocenters. The Balaban J connectivity index is 3.10. The van der Waals surface area contributed by atoms with Crippen LogP contribution in [0.5, 0.6) is 5.75 Å². The SMILES string of the molecule is COc1cccc(C#N)c1NC(=O)C(C)S. The monoisotopic (exact) mass is 236 g/mol. The molecule has 0 bridgehead atoms. The van der Waals surface area contributed by atoms with Crippen molar-refractivity contribution in [3.05, 3.63) is 23.8 Å². The Hall–Kier alpha value is -1.67. The molecule has 0 radical (unpaired) electrons. The molecule has 0 aliphatic rings. The fourth-order valence-electron chi connectivity index (χ4n) is 1.15. The Labute approximate surface area is 99.6 Å². The lowest BCUT2D eigenvalue weighted by molar-refractivity contribution is -0.115. The molecule has 0 fully saturated rings. The Morgan fingerprint density at radius 1 is 1.62 bits per heavy atom. The lowest BCUT2D eigenvalue weighted by Crippen LogP contribution is -2.21. The highest BCUT2D eigenvalue weighted by molar-refractivity contribution is 7.81. The first kappa shape index (κ1) is 12.4. The second-order valence-corrected chi connectivity index (χ2v) is 3.93. The van der Waals surface area contributed by atoms with Gasteiger partial charge in [0.25, 0.3) is 0 Å². The molecule has 0 aliphatic carbocycles. The third-order valence-corrected chi connectivity index (χ3v) is 2.23. The van der Waals surface area contributed by atoms with Gasteiger partial charge in [0.15, 0.2) is 0 Å². The van der Waals surface area contributed by atoms with Gasteiger partial charge in [-0.3, -0.25) is 4.79 Å². The summed E-state index contributed by atoms with van der Waals surface area (Å²) in [6, 6.07) is 6.98. The van der Waals surface area contributed by atoms with Gasteiger partial charge in [-0.15, -0.1) is 0 Å². The number of nitrogens with one attached hydrogen (secondary N) is 1. The van der Waals surface area contributed by atoms with E-state index in [4.69, 9.17) is 10.00 Å². The van der Waals surface area contributed by atoms with Crippen molar-refractivity contribution in [2.75, 3.05) is 12.4 Å². The summed E-state index contributed by atoms with van der Waals surface area (Å²) in [7, 11) is 1.48. The second kappa shape index (κ2) is 5.42. The minimum absolute atomic E-state index is 0.274. The molecular formula is C11H12N2O2S. The summed E-state index contributed by atoms with van der Waals surface area (Å²) < 4.78 is 5.08. The van der Waals surface area contributed by atoms with Crippen molar-refractivity contribution >= 4 is 24.2 Å². The number of carbonyl (C=O) groups is 1. The van der Waals surface area contributed by atoms with Crippen LogP contribution < -0.4 is 10.1 Å². The number of ether oxygens (including phenoxy) is 1. The summed E-state index contributed by atoms with van der Waals surface area (Å²) in [6.45, 7) is 1.65. The van der Waals surface area contributed by atoms with Crippen LogP contribution in [0.25, 0.3) is 0 Å². The maximum Gasteiger partial charge on any atom is 0.237 e. The van der Waals surface area contributed by atoms with E-state index >= 15 is 0 Å². The zero-order valence-corrected chi connectivity index (χ0v) is 9.91. The Kier molecular flexibility index (Phi) is 4.20. The number of carbonyl (C=O) groups excluding carboxylic acids is 1. The fraction of sp³-hybridized carbons (Fsp3) is 0.273. The van der Waals surface area contributed by atoms with E-state index in [2.05, 4.69) is 17.9 Å². The molecule has 1 aromatic rings. The molecule has 1 N–H and O–H groups in total. The number of nitriles is 1. The van der Waals surface area contributed by atoms with Gasteiger partial charge in [-0.2, -0.15) is 17.9 Å². The van der Waals surface area contributed by atoms with Crippen molar-refractivity contribution in [1.82, 2.24) is 0 Å². The number of benzene rings is 1. The molecule has 0 saturated heterocycles. The van der Waals surface area contributed by atoms with Gasteiger partial charge in [0.1, 0.15) is 17.5 Å². The molecule has 1 rings (SSSR count). The van der Waals surface area contributed by atoms with E-state index < -0.39 is 5.25 Å². The quantitative estimate of drug-likeness (QED) is 0.787. The molecule has 84 valence electrons. The first-order valence-corrected chi connectivity index (χ1v) is 5.17. The van der Waals surface area contributed by atoms with Gasteiger partial charge >= 0.3 is 0 Å². The molecule has 1 atom stereocenters. The van der Waals surface area contributed by atoms with E-state index in [0.717, 1.165) is 0 Å². The average molecular weight is 236 g/mol. The van der Waals surface area contributed by atoms with E-state index in [9.17, 15) is 4.79 Å². The zero-order chi connectivity index (χ0) is 12.1. The van der Waals surface area contributed by atoms with E-state index in [1.165, 1.54) is 7.11 Å². The van der Waals surface area contributed by atoms with Crippen LogP contribution in [-0.4, -0.2) is 18.3 Å². The number of methoxy groups -OCH3 is 1. The minimum atomic E-state index is -0.448. The number of anilines is 1. The molecule has 0 saturated carbocycles. The molecule has 1 aromatic carbocycles. The lowest BCUT2D eigenvalue weighted by Gasteiger charge is -2.12. The van der Waals surface area contributed by atoms with Crippen LogP contribution in [0.1, 0.15) is 12.5 Å². The Morgan fingerprint density at radius 3 is 2.81 bits per heavy atom. The van der Waals surface area contributed by atoms with Gasteiger partial charge in [0.2, 0.25) is 5.91 Å². The fourth-order valence-corrected chi connectivity index (χ4v) is 1.22. The lowest BCUT2D eigenvalue weighted by atomic mass is 10.1. The Bertz CT molecular complexity index is 438. The summed E-state index contributed by atoms with van der Waals surface area (Å²) in [5.74, 6) is 0.186. The number of hydrogen-bond donors (Lipinski definition) is 2. The van der Waals surface area contributed by atoms with Gasteiger partial charge in [-0.25, -0.2) is 0 Å². The van der Waals surface area contributed by atoms with Crippen LogP contribution >= 0.6 is 12.6 Å². The maximum absolute atomic E-state index is 11.5. The van der Waals surface area contributed by atoms with Crippen molar-refractivity contribution < 1.29 is 9.53 Å². The summed E-state index contributed by atoms with van der Waals surface area (Å²) in [6.07, 6.45) is 0. The average Bonchev–Trinajstić information content (AvgIpc) is 2.29. The normalized spacial score (nSPS) is 11.4. The predicted octanol–water partition coefficient (Wildman–Crippen LogP) is 1.82. The molecule has 5 heteroatoms. The number of rotatable bonds is 3. The molecule has 1 amide bonds. The van der Waals surface area contributed by atoms with E-state index in [-0.39, 0.29) is 5.91 Å². The first-order chi connectivity index (χ1) is 7.60. The van der Waals surface area contributed by atoms with Crippen molar-refractivity contribution in [2.45, 2.75) is 12.2 Å². The van der Waals surface area contributed by atoms with Crippen LogP contribution in [0.15, 0.2) is 18.2 Å². The van der Waals surface area contributed by atoms with Crippen LogP contribution in [0.4, 0.5) is 5.69 Å². The van der Waals surface area contributed by atoms with Crippen molar-refractivity contribution in [1.29, 1.82) is 5.26 Å². The molecule has 0 aromatic heterocycles. The molecule has 16 heavy (non-hydrogen) atoms. The van der Waals surface area contributed by atoms with Crippen LogP contribution in [-0.2, 0) is 4.79 Å². The number of para-hydroxylation sites is 1. The van der Waals surface area contributed by atoms with E-state index in [1.54, 1.807) is 25.1 Å². The van der Waals surface area contributed by atoms with Gasteiger partial charge in [0.05, 0.1) is 17.9 Å². The second-order valence-electron chi connectivity index (χ2n) is 3.16. The van der Waals surface area contributed by atoms with Gasteiger partial charge in [-0.1, -0.05) is 6.07 Å². The minimum Gasteiger partial charge on any atom is -0.495 e. The van der Waals surface area contributed by atoms with Gasteiger partial charge in [0, 0.05) is 0 Å². The standard InChI is InChI=1S/C11H12N2O2S/c1-7(16)11(14)13-10-8(6-12)4-3-5-9(10)15-2/h3-5,7,16H,1-2H3,(H,13,14). The predicted molar refractivity (Wildman–Crippen MR) is 64.8 cm³/mol. The van der Waals surface area contributed by atoms with Crippen LogP contribution in [0, 0.1) is 11.3 Å². The van der Waals surface area contributed by atoms with Gasteiger partial charge in [-0.05, 0) is 19.1 Å². The number of hydrogen-bond acceptors (Lipinski definition) is 4. The van der Waals surface area contributed by atoms with Crippen molar-refractivity contribution in [2.24, 2.45) is 0 Å². The number of nitrogens with zero attached hydrogens (tertiary/aromatic N) is 1. The first-order valence-electron chi connectivity index (χ1n) is 4.66. The van der Waals surface area contributed by atoms with Gasteiger partial charge < -0.3 is 10.1 Å². The topological polar surface area (TPSA) is 62.1 Å². The third-order valence-electron chi connectivity index (χ3n) is 1.99. The molecular weight excluding hydrogens is 224 g/mol. The van der Waals surface area contributed by atoms with E-state index in [1.807, 2.05) is 6.07 Å². The third kappa shape index (κ3) is 2.67. The smallest absolute Gasteiger partial charge is 0.237 e. The summed E-state index contributed by atoms with van der Waals surface area (Å²) in [5.41, 5.74) is 0.750. The molecule has 0 heterocycles. The summed E-state index contributed by atoms with van der Waals surface area (Å²) >= 11 is 4.01. The number of amides is 1. The van der Waals surface area contributed by atoms with Crippen LogP contribution in [0.3, 0.4) is 0 Å². The zero-order valence-electron chi connectivity index (χ0n) is 9.02. The summed E-state index contributed by atoms with van der Waals surface area (Å²) in [5, 5.41) is 11.1. The van der Waals surface area contributed by atoms with Crippen molar-refractivity contribution in [3.8, 4) is 11.8 Å². The number of thiol groups is 1. The van der Waals surface area contributed by atoms with E-state index in [0.29, 0.717) is 17.0 Å².